The van der Waals surface area contributed by atoms with Crippen molar-refractivity contribution in [2.24, 2.45) is 0 Å². The van der Waals surface area contributed by atoms with Crippen molar-refractivity contribution in [3.8, 4) is 5.75 Å². The van der Waals surface area contributed by atoms with E-state index in [9.17, 15) is 4.79 Å². The molecule has 1 amide bonds. The summed E-state index contributed by atoms with van der Waals surface area (Å²) in [6.45, 7) is 5.76. The molecule has 5 nitrogen and oxygen atoms in total. The highest BCUT2D eigenvalue weighted by atomic mass is 35.5. The van der Waals surface area contributed by atoms with E-state index in [2.05, 4.69) is 16.0 Å². The summed E-state index contributed by atoms with van der Waals surface area (Å²) in [5, 5.41) is 3.74. The molecule has 4 aromatic rings. The van der Waals surface area contributed by atoms with Crippen molar-refractivity contribution in [3.63, 3.8) is 0 Å². The third-order valence-electron chi connectivity index (χ3n) is 5.83. The lowest BCUT2D eigenvalue weighted by Gasteiger charge is -2.13. The number of hydrogen-bond donors (Lipinski definition) is 1. The zero-order chi connectivity index (χ0) is 24.6. The van der Waals surface area contributed by atoms with Gasteiger partial charge in [0.2, 0.25) is 5.91 Å². The summed E-state index contributed by atoms with van der Waals surface area (Å²) in [5.41, 5.74) is 5.08. The van der Waals surface area contributed by atoms with Gasteiger partial charge >= 0.3 is 0 Å². The Labute approximate surface area is 211 Å². The molecular formula is C29H30ClN3O2. The van der Waals surface area contributed by atoms with Crippen LogP contribution in [0.4, 0.5) is 0 Å². The molecule has 0 aliphatic carbocycles. The molecule has 0 spiro atoms. The minimum absolute atomic E-state index is 0.0932. The first-order valence-corrected chi connectivity index (χ1v) is 12.2. The van der Waals surface area contributed by atoms with Gasteiger partial charge in [0.1, 0.15) is 18.2 Å². The first kappa shape index (κ1) is 24.6. The SMILES string of the molecule is Cc1cc(OCCn2c(CCCNC(=O)/C=C\c3ccccc3)nc3ccccc32)cc(C)c1Cl. The maximum atomic E-state index is 12.1. The lowest BCUT2D eigenvalue weighted by atomic mass is 10.1. The number of aromatic nitrogens is 2. The topological polar surface area (TPSA) is 56.1 Å². The highest BCUT2D eigenvalue weighted by molar-refractivity contribution is 6.32. The van der Waals surface area contributed by atoms with Crippen molar-refractivity contribution in [1.29, 1.82) is 0 Å². The van der Waals surface area contributed by atoms with E-state index < -0.39 is 0 Å². The second-order valence-corrected chi connectivity index (χ2v) is 8.90. The molecule has 180 valence electrons. The van der Waals surface area contributed by atoms with E-state index in [1.165, 1.54) is 0 Å². The third kappa shape index (κ3) is 6.52. The average molecular weight is 488 g/mol. The van der Waals surface area contributed by atoms with Gasteiger partial charge in [-0.3, -0.25) is 4.79 Å². The number of nitrogens with one attached hydrogen (secondary N) is 1. The number of rotatable bonds is 10. The van der Waals surface area contributed by atoms with Crippen LogP contribution in [0.2, 0.25) is 5.02 Å². The van der Waals surface area contributed by atoms with Crippen LogP contribution in [0.5, 0.6) is 5.75 Å². The molecule has 0 atom stereocenters. The molecule has 0 bridgehead atoms. The molecule has 0 saturated carbocycles. The van der Waals surface area contributed by atoms with Gasteiger partial charge < -0.3 is 14.6 Å². The molecule has 35 heavy (non-hydrogen) atoms. The van der Waals surface area contributed by atoms with Crippen molar-refractivity contribution >= 4 is 34.6 Å². The molecule has 0 aliphatic rings. The number of nitrogens with zero attached hydrogens (tertiary/aromatic N) is 2. The van der Waals surface area contributed by atoms with Crippen LogP contribution in [-0.4, -0.2) is 28.6 Å². The van der Waals surface area contributed by atoms with Gasteiger partial charge in [-0.2, -0.15) is 0 Å². The molecule has 0 fully saturated rings. The number of aryl methyl sites for hydroxylation is 3. The van der Waals surface area contributed by atoms with Crippen LogP contribution in [0.15, 0.2) is 72.8 Å². The fraction of sp³-hybridized carbons (Fsp3) is 0.241. The summed E-state index contributed by atoms with van der Waals surface area (Å²) < 4.78 is 8.26. The Kier molecular flexibility index (Phi) is 8.22. The van der Waals surface area contributed by atoms with E-state index in [-0.39, 0.29) is 5.91 Å². The fourth-order valence-electron chi connectivity index (χ4n) is 4.06. The molecule has 1 aromatic heterocycles. The van der Waals surface area contributed by atoms with Crippen molar-refractivity contribution in [1.82, 2.24) is 14.9 Å². The Balaban J connectivity index is 1.34. The summed E-state index contributed by atoms with van der Waals surface area (Å²) in [7, 11) is 0. The maximum absolute atomic E-state index is 12.1. The van der Waals surface area contributed by atoms with Crippen LogP contribution in [0.3, 0.4) is 0 Å². The zero-order valence-corrected chi connectivity index (χ0v) is 20.9. The number of halogens is 1. The first-order chi connectivity index (χ1) is 17.0. The summed E-state index contributed by atoms with van der Waals surface area (Å²) in [6, 6.07) is 21.9. The lowest BCUT2D eigenvalue weighted by molar-refractivity contribution is -0.116. The smallest absolute Gasteiger partial charge is 0.243 e. The minimum atomic E-state index is -0.0932. The quantitative estimate of drug-likeness (QED) is 0.216. The minimum Gasteiger partial charge on any atom is -0.492 e. The van der Waals surface area contributed by atoms with Gasteiger partial charge in [0.05, 0.1) is 17.6 Å². The molecule has 0 aliphatic heterocycles. The molecule has 4 rings (SSSR count). The predicted octanol–water partition coefficient (Wildman–Crippen LogP) is 6.15. The molecule has 3 aromatic carbocycles. The molecule has 0 unspecified atom stereocenters. The van der Waals surface area contributed by atoms with Crippen LogP contribution in [-0.2, 0) is 17.8 Å². The number of ether oxygens (including phenoxy) is 1. The standard InChI is InChI=1S/C29H30ClN3O2/c1-21-19-24(20-22(2)29(21)30)35-18-17-33-26-12-7-6-11-25(26)32-27(33)13-8-16-31-28(34)15-14-23-9-4-3-5-10-23/h3-7,9-12,14-15,19-20H,8,13,16-18H2,1-2H3,(H,31,34)/b15-14-. The summed E-state index contributed by atoms with van der Waals surface area (Å²) in [6.07, 6.45) is 4.95. The van der Waals surface area contributed by atoms with Gasteiger partial charge in [-0.25, -0.2) is 4.98 Å². The molecule has 1 N–H and O–H groups in total. The highest BCUT2D eigenvalue weighted by Crippen LogP contribution is 2.26. The van der Waals surface area contributed by atoms with Gasteiger partial charge in [-0.1, -0.05) is 54.1 Å². The van der Waals surface area contributed by atoms with Gasteiger partial charge in [0.25, 0.3) is 0 Å². The summed E-state index contributed by atoms with van der Waals surface area (Å²) in [5.74, 6) is 1.72. The van der Waals surface area contributed by atoms with Crippen LogP contribution in [0.25, 0.3) is 17.1 Å². The predicted molar refractivity (Wildman–Crippen MR) is 143 cm³/mol. The summed E-state index contributed by atoms with van der Waals surface area (Å²) in [4.78, 5) is 17.0. The van der Waals surface area contributed by atoms with E-state index in [1.807, 2.05) is 80.6 Å². The average Bonchev–Trinajstić information content (AvgIpc) is 3.22. The normalized spacial score (nSPS) is 11.3. The third-order valence-corrected chi connectivity index (χ3v) is 6.43. The van der Waals surface area contributed by atoms with Gasteiger partial charge in [0.15, 0.2) is 0 Å². The molecular weight excluding hydrogens is 458 g/mol. The Morgan fingerprint density at radius 3 is 2.54 bits per heavy atom. The van der Waals surface area contributed by atoms with Crippen molar-refractivity contribution in [3.05, 3.63) is 100 Å². The fourth-order valence-corrected chi connectivity index (χ4v) is 4.17. The van der Waals surface area contributed by atoms with Crippen LogP contribution >= 0.6 is 11.6 Å². The molecule has 0 radical (unpaired) electrons. The Morgan fingerprint density at radius 2 is 1.77 bits per heavy atom. The van der Waals surface area contributed by atoms with Crippen LogP contribution < -0.4 is 10.1 Å². The number of fused-ring (bicyclic) bond motifs is 1. The summed E-state index contributed by atoms with van der Waals surface area (Å²) >= 11 is 6.28. The number of benzene rings is 3. The number of hydrogen-bond acceptors (Lipinski definition) is 3. The number of amides is 1. The molecule has 1 heterocycles. The van der Waals surface area contributed by atoms with E-state index in [0.29, 0.717) is 19.7 Å². The van der Waals surface area contributed by atoms with Crippen LogP contribution in [0.1, 0.15) is 28.9 Å². The van der Waals surface area contributed by atoms with Gasteiger partial charge in [-0.05, 0) is 67.3 Å². The van der Waals surface area contributed by atoms with Gasteiger partial charge in [-0.15, -0.1) is 0 Å². The van der Waals surface area contributed by atoms with Crippen molar-refractivity contribution in [2.45, 2.75) is 33.2 Å². The first-order valence-electron chi connectivity index (χ1n) is 11.9. The van der Waals surface area contributed by atoms with E-state index in [4.69, 9.17) is 21.3 Å². The number of carbonyl (C=O) groups excluding carboxylic acids is 1. The monoisotopic (exact) mass is 487 g/mol. The van der Waals surface area contributed by atoms with Crippen molar-refractivity contribution < 1.29 is 9.53 Å². The number of para-hydroxylation sites is 2. The Bertz CT molecular complexity index is 1310. The van der Waals surface area contributed by atoms with E-state index >= 15 is 0 Å². The Morgan fingerprint density at radius 1 is 1.06 bits per heavy atom. The second kappa shape index (κ2) is 11.7. The highest BCUT2D eigenvalue weighted by Gasteiger charge is 2.11. The molecule has 6 heteroatoms. The Hall–Kier alpha value is -3.57. The number of imidazole rings is 1. The second-order valence-electron chi connectivity index (χ2n) is 8.53. The zero-order valence-electron chi connectivity index (χ0n) is 20.1. The van der Waals surface area contributed by atoms with E-state index in [0.717, 1.165) is 57.2 Å². The molecule has 0 saturated heterocycles. The van der Waals surface area contributed by atoms with Gasteiger partial charge in [0, 0.05) is 24.1 Å². The van der Waals surface area contributed by atoms with E-state index in [1.54, 1.807) is 6.08 Å². The maximum Gasteiger partial charge on any atom is 0.243 e. The lowest BCUT2D eigenvalue weighted by Crippen LogP contribution is -2.23. The number of carbonyl (C=O) groups is 1. The van der Waals surface area contributed by atoms with Crippen molar-refractivity contribution in [2.75, 3.05) is 13.2 Å². The largest absolute Gasteiger partial charge is 0.492 e. The van der Waals surface area contributed by atoms with Crippen LogP contribution in [0, 0.1) is 13.8 Å².